The molecule has 27 heteroatoms. The molecule has 92 heavy (non-hydrogen) atoms. The van der Waals surface area contributed by atoms with Crippen LogP contribution in [0.2, 0.25) is 0 Å². The van der Waals surface area contributed by atoms with E-state index in [1.807, 2.05) is 0 Å². The van der Waals surface area contributed by atoms with Crippen molar-refractivity contribution < 1.29 is 89.3 Å². The van der Waals surface area contributed by atoms with Crippen molar-refractivity contribution in [3.63, 3.8) is 0 Å². The second kappa shape index (κ2) is 30.5. The first kappa shape index (κ1) is 66.9. The molecule has 2 saturated carbocycles. The minimum atomic E-state index is -1.10. The fourth-order valence-electron chi connectivity index (χ4n) is 9.61. The van der Waals surface area contributed by atoms with Gasteiger partial charge in [-0.15, -0.1) is 0 Å². The van der Waals surface area contributed by atoms with Gasteiger partial charge in [0, 0.05) is 87.6 Å². The molecule has 0 radical (unpaired) electrons. The molecule has 0 aliphatic heterocycles. The Kier molecular flexibility index (Phi) is 22.2. The van der Waals surface area contributed by atoms with E-state index in [0.29, 0.717) is 98.9 Å². The number of rotatable bonds is 24. The molecule has 0 amide bonds. The molecule has 0 spiro atoms. The van der Waals surface area contributed by atoms with E-state index in [1.54, 1.807) is 24.3 Å². The number of nitrogens with zero attached hydrogens (tertiary/aromatic N) is 7. The first-order valence-corrected chi connectivity index (χ1v) is 27.8. The number of fused-ring (bicyclic) bond motifs is 2. The molecule has 9 aromatic rings. The number of methoxy groups -OCH3 is 4. The molecule has 11 rings (SSSR count). The van der Waals surface area contributed by atoms with Crippen molar-refractivity contribution >= 4 is 63.2 Å². The number of aromatic nitrogens is 6. The van der Waals surface area contributed by atoms with Crippen LogP contribution in [-0.2, 0) is 70.5 Å². The van der Waals surface area contributed by atoms with Crippen molar-refractivity contribution in [2.75, 3.05) is 35.0 Å². The number of hydrogen-bond donors (Lipinski definition) is 2. The Bertz CT molecular complexity index is 4250. The maximum Gasteiger partial charge on any atom is 0.373 e. The molecule has 0 bridgehead atoms. The van der Waals surface area contributed by atoms with E-state index >= 15 is 4.39 Å². The second-order valence-electron chi connectivity index (χ2n) is 20.8. The van der Waals surface area contributed by atoms with Crippen molar-refractivity contribution in [2.24, 2.45) is 21.7 Å². The first-order valence-electron chi connectivity index (χ1n) is 27.8. The number of carbonyl (C=O) groups is 5. The summed E-state index contributed by atoms with van der Waals surface area (Å²) in [5.41, 5.74) is 6.39. The fraction of sp³-hybridized carbons (Fsp3) is 0.246. The maximum atomic E-state index is 15.2. The van der Waals surface area contributed by atoms with Crippen LogP contribution in [0, 0.1) is 34.1 Å². The minimum Gasteiger partial charge on any atom is -0.496 e. The van der Waals surface area contributed by atoms with Crippen LogP contribution in [-0.4, -0.2) is 112 Å². The average Bonchev–Trinajstić information content (AvgIpc) is 1.57. The van der Waals surface area contributed by atoms with Crippen molar-refractivity contribution in [1.82, 2.24) is 30.1 Å². The standard InChI is InChI=1S/C32H26F2N4O6.C29H22F2N2O5.C3H8N2O2.CO2/c1-41-17-29-37-30(44-38-29)22-14-21-24(15-26(22)42-2)35-10-7-25(21)43-31-23(34)11-19(16-36-31)13-28(40)32(8-9-32)27(39)12-18-3-5-20(33)6-4-18;1-37-25-14-23-21(13-19(25)16-34)24(6-9-32-23)38-28-22(31)10-18(15-33-28)12-27(36)29(7-8-29)26(35)11-17-2-4-20(30)5-3-17;1-7-2-3(4)5-6;2-1-3/h3-7,10-11,14-16H,8-9,12-13,17H2,1-2H3;2-6,9-10,13-16H,7-8,11-12H2,1H3;6H,2H2,1H3,(H2,4,5);. The maximum absolute atomic E-state index is 15.2. The summed E-state index contributed by atoms with van der Waals surface area (Å²) in [5.74, 6) is -2.13. The molecule has 0 unspecified atom stereocenters. The van der Waals surface area contributed by atoms with Crippen LogP contribution in [0.25, 0.3) is 33.3 Å². The largest absolute Gasteiger partial charge is 0.496 e. The summed E-state index contributed by atoms with van der Waals surface area (Å²) in [6.07, 6.45) is 8.03. The van der Waals surface area contributed by atoms with Gasteiger partial charge in [-0.2, -0.15) is 14.6 Å². The van der Waals surface area contributed by atoms with Crippen LogP contribution < -0.4 is 24.7 Å². The molecule has 0 saturated heterocycles. The summed E-state index contributed by atoms with van der Waals surface area (Å²) in [5, 5.41) is 15.4. The van der Waals surface area contributed by atoms with E-state index in [9.17, 15) is 37.1 Å². The van der Waals surface area contributed by atoms with E-state index in [1.165, 1.54) is 120 Å². The van der Waals surface area contributed by atoms with E-state index < -0.39 is 34.1 Å². The first-order chi connectivity index (χ1) is 44.3. The van der Waals surface area contributed by atoms with Crippen LogP contribution in [0.1, 0.15) is 64.1 Å². The number of aldehydes is 1. The Balaban J connectivity index is 0.000000208. The lowest BCUT2D eigenvalue weighted by molar-refractivity contribution is -0.191. The molecule has 2 aliphatic carbocycles. The number of halogens is 4. The molecule has 5 heterocycles. The van der Waals surface area contributed by atoms with Gasteiger partial charge >= 0.3 is 6.15 Å². The zero-order valence-electron chi connectivity index (χ0n) is 49.6. The Morgan fingerprint density at radius 3 is 1.45 bits per heavy atom. The molecule has 474 valence electrons. The number of oxime groups is 1. The third kappa shape index (κ3) is 16.2. The van der Waals surface area contributed by atoms with Gasteiger partial charge < -0.3 is 43.9 Å². The molecule has 4 aromatic carbocycles. The Morgan fingerprint density at radius 2 is 1.05 bits per heavy atom. The highest BCUT2D eigenvalue weighted by atomic mass is 19.1. The van der Waals surface area contributed by atoms with Crippen LogP contribution in [0.4, 0.5) is 17.6 Å². The summed E-state index contributed by atoms with van der Waals surface area (Å²) in [7, 11) is 5.92. The second-order valence-corrected chi connectivity index (χ2v) is 20.8. The van der Waals surface area contributed by atoms with Gasteiger partial charge in [-0.25, -0.2) is 27.5 Å². The molecule has 5 aromatic heterocycles. The number of ether oxygens (including phenoxy) is 6. The third-order valence-electron chi connectivity index (χ3n) is 14.7. The quantitative estimate of drug-likeness (QED) is 0.0108. The van der Waals surface area contributed by atoms with E-state index in [2.05, 4.69) is 40.0 Å². The fourth-order valence-corrected chi connectivity index (χ4v) is 9.61. The molecule has 2 aliphatic rings. The summed E-state index contributed by atoms with van der Waals surface area (Å²) < 4.78 is 93.7. The van der Waals surface area contributed by atoms with E-state index in [4.69, 9.17) is 48.7 Å². The van der Waals surface area contributed by atoms with Crippen molar-refractivity contribution in [2.45, 2.75) is 58.0 Å². The Morgan fingerprint density at radius 1 is 0.609 bits per heavy atom. The zero-order chi connectivity index (χ0) is 66.1. The van der Waals surface area contributed by atoms with Gasteiger partial charge in [0.05, 0.1) is 47.2 Å². The third-order valence-corrected chi connectivity index (χ3v) is 14.7. The smallest absolute Gasteiger partial charge is 0.373 e. The molecular weight excluding hydrogens is 1210 g/mol. The molecular formula is C65H56F4N8O15. The molecule has 23 nitrogen and oxygen atoms in total. The number of Topliss-reactive ketones (excluding diaryl/α,β-unsaturated/α-hetero) is 4. The predicted octanol–water partition coefficient (Wildman–Crippen LogP) is 9.63. The van der Waals surface area contributed by atoms with Gasteiger partial charge in [0.15, 0.2) is 52.7 Å². The average molecular weight is 1270 g/mol. The highest BCUT2D eigenvalue weighted by Gasteiger charge is 2.55. The van der Waals surface area contributed by atoms with E-state index in [-0.39, 0.29) is 109 Å². The van der Waals surface area contributed by atoms with Crippen molar-refractivity contribution in [1.29, 1.82) is 0 Å². The van der Waals surface area contributed by atoms with Gasteiger partial charge in [-0.05, 0) is 109 Å². The van der Waals surface area contributed by atoms with Gasteiger partial charge in [0.2, 0.25) is 0 Å². The van der Waals surface area contributed by atoms with E-state index in [0.717, 1.165) is 6.07 Å². The predicted molar refractivity (Wildman–Crippen MR) is 316 cm³/mol. The van der Waals surface area contributed by atoms with Gasteiger partial charge in [0.1, 0.15) is 47.8 Å². The topological polar surface area (TPSA) is 324 Å². The number of pyridine rings is 4. The normalized spacial score (nSPS) is 13.1. The number of hydrogen-bond acceptors (Lipinski definition) is 22. The number of amidine groups is 1. The Labute approximate surface area is 520 Å². The molecule has 2 fully saturated rings. The summed E-state index contributed by atoms with van der Waals surface area (Å²) in [6, 6.07) is 23.1. The van der Waals surface area contributed by atoms with Crippen LogP contribution >= 0.6 is 0 Å². The number of ketones is 4. The van der Waals surface area contributed by atoms with Crippen molar-refractivity contribution in [3.8, 4) is 46.2 Å². The lowest BCUT2D eigenvalue weighted by atomic mass is 9.88. The highest BCUT2D eigenvalue weighted by Crippen LogP contribution is 2.50. The van der Waals surface area contributed by atoms with Crippen molar-refractivity contribution in [3.05, 3.63) is 179 Å². The highest BCUT2D eigenvalue weighted by molar-refractivity contribution is 6.11. The van der Waals surface area contributed by atoms with Gasteiger partial charge in [0.25, 0.3) is 17.7 Å². The van der Waals surface area contributed by atoms with Crippen LogP contribution in [0.15, 0.2) is 132 Å². The van der Waals surface area contributed by atoms with Crippen LogP contribution in [0.5, 0.6) is 34.8 Å². The monoisotopic (exact) mass is 1260 g/mol. The lowest BCUT2D eigenvalue weighted by Crippen LogP contribution is -2.29. The number of nitrogens with two attached hydrogens (primary N) is 1. The molecule has 3 N–H and O–H groups in total. The Hall–Kier alpha value is -11.0. The zero-order valence-corrected chi connectivity index (χ0v) is 49.6. The minimum absolute atomic E-state index is 0.0275. The SMILES string of the molecule is COC/C(N)=N/O.COCc1noc(-c2cc3c(Oc4ncc(CC(=O)C5(C(=O)Cc6ccc(F)cc6)CC5)cc4F)ccnc3cc2OC)n1.COc1cc2nccc(Oc3ncc(CC(=O)C4(C(=O)Cc5ccc(F)cc5)CC4)cc3F)c2cc1C=O.O=C=O. The molecule has 0 atom stereocenters. The van der Waals surface area contributed by atoms with Crippen LogP contribution in [0.3, 0.4) is 0 Å². The van der Waals surface area contributed by atoms with Gasteiger partial charge in [-0.3, -0.25) is 33.9 Å². The summed E-state index contributed by atoms with van der Waals surface area (Å²) in [4.78, 5) is 101. The lowest BCUT2D eigenvalue weighted by Gasteiger charge is -2.14. The summed E-state index contributed by atoms with van der Waals surface area (Å²) >= 11 is 0. The summed E-state index contributed by atoms with van der Waals surface area (Å²) in [6.45, 7) is 0.339. The number of benzene rings is 4. The number of carbonyl (C=O) groups excluding carboxylic acids is 7. The van der Waals surface area contributed by atoms with Gasteiger partial charge in [-0.1, -0.05) is 34.6 Å².